The highest BCUT2D eigenvalue weighted by atomic mass is 16.5. The highest BCUT2D eigenvalue weighted by Crippen LogP contribution is 2.50. The zero-order chi connectivity index (χ0) is 12.4. The van der Waals surface area contributed by atoms with E-state index in [1.165, 1.54) is 31.2 Å². The van der Waals surface area contributed by atoms with Gasteiger partial charge in [-0.15, -0.1) is 0 Å². The summed E-state index contributed by atoms with van der Waals surface area (Å²) in [7, 11) is 0. The maximum atomic E-state index is 5.80. The molecule has 1 aliphatic heterocycles. The van der Waals surface area contributed by atoms with Crippen LogP contribution in [-0.4, -0.2) is 24.2 Å². The van der Waals surface area contributed by atoms with E-state index in [0.717, 1.165) is 30.7 Å². The van der Waals surface area contributed by atoms with Gasteiger partial charge in [0, 0.05) is 12.2 Å². The Hall–Kier alpha value is -1.09. The van der Waals surface area contributed by atoms with Gasteiger partial charge in [0.2, 0.25) is 0 Å². The minimum Gasteiger partial charge on any atom is -0.490 e. The number of hydrogen-bond donors (Lipinski definition) is 1. The molecule has 0 unspecified atom stereocenters. The highest BCUT2D eigenvalue weighted by Gasteiger charge is 2.37. The summed E-state index contributed by atoms with van der Waals surface area (Å²) in [5.74, 6) is 2.56. The number of pyridine rings is 1. The van der Waals surface area contributed by atoms with Crippen molar-refractivity contribution in [1.29, 1.82) is 0 Å². The van der Waals surface area contributed by atoms with Crippen LogP contribution in [0.1, 0.15) is 44.1 Å². The lowest BCUT2D eigenvalue weighted by atomic mass is 10.1. The van der Waals surface area contributed by atoms with Crippen molar-refractivity contribution in [1.82, 2.24) is 10.3 Å². The minimum absolute atomic E-state index is 0.544. The Labute approximate surface area is 109 Å². The summed E-state index contributed by atoms with van der Waals surface area (Å²) in [6.45, 7) is 4.17. The average Bonchev–Trinajstić information content (AvgIpc) is 3.07. The molecule has 1 aliphatic carbocycles. The number of hydrogen-bond acceptors (Lipinski definition) is 3. The van der Waals surface area contributed by atoms with Crippen LogP contribution in [0.3, 0.4) is 0 Å². The molecule has 2 aliphatic rings. The molecule has 3 rings (SSSR count). The molecule has 1 saturated carbocycles. The number of rotatable bonds is 6. The lowest BCUT2D eigenvalue weighted by molar-refractivity contribution is 0.217. The predicted octanol–water partition coefficient (Wildman–Crippen LogP) is 2.73. The number of nitrogens with one attached hydrogen (secondary N) is 1. The van der Waals surface area contributed by atoms with Crippen molar-refractivity contribution in [3.63, 3.8) is 0 Å². The maximum absolute atomic E-state index is 5.80. The van der Waals surface area contributed by atoms with Gasteiger partial charge in [-0.3, -0.25) is 4.98 Å². The smallest absolute Gasteiger partial charge is 0.137 e. The van der Waals surface area contributed by atoms with Crippen LogP contribution < -0.4 is 10.1 Å². The quantitative estimate of drug-likeness (QED) is 0.838. The normalized spacial score (nSPS) is 29.7. The van der Waals surface area contributed by atoms with Crippen LogP contribution in [0.4, 0.5) is 0 Å². The fourth-order valence-electron chi connectivity index (χ4n) is 2.75. The van der Waals surface area contributed by atoms with Crippen LogP contribution in [0.2, 0.25) is 0 Å². The molecule has 0 spiro atoms. The van der Waals surface area contributed by atoms with Crippen molar-refractivity contribution >= 4 is 0 Å². The Balaban J connectivity index is 1.55. The van der Waals surface area contributed by atoms with E-state index in [0.29, 0.717) is 6.04 Å². The van der Waals surface area contributed by atoms with Gasteiger partial charge in [0.1, 0.15) is 12.4 Å². The molecule has 3 nitrogen and oxygen atoms in total. The largest absolute Gasteiger partial charge is 0.490 e. The molecule has 18 heavy (non-hydrogen) atoms. The highest BCUT2D eigenvalue weighted by molar-refractivity contribution is 5.30. The number of nitrogens with zero attached hydrogens (tertiary/aromatic N) is 1. The standard InChI is InChI=1S/C15H22N2O/c1-2-3-11-7-15(11)12-6-14(9-16-8-12)18-10-13-4-5-17-13/h6,8-9,11,13,15,17H,2-5,7,10H2,1H3/t11-,13+,15+/m1/s1. The van der Waals surface area contributed by atoms with Gasteiger partial charge in [-0.1, -0.05) is 19.8 Å². The predicted molar refractivity (Wildman–Crippen MR) is 71.9 cm³/mol. The fraction of sp³-hybridized carbons (Fsp3) is 0.667. The average molecular weight is 246 g/mol. The third-order valence-corrected chi connectivity index (χ3v) is 4.12. The van der Waals surface area contributed by atoms with E-state index in [1.54, 1.807) is 0 Å². The molecule has 0 aromatic carbocycles. The van der Waals surface area contributed by atoms with E-state index in [4.69, 9.17) is 4.74 Å². The van der Waals surface area contributed by atoms with E-state index in [2.05, 4.69) is 23.3 Å². The van der Waals surface area contributed by atoms with Crippen LogP contribution in [0.5, 0.6) is 5.75 Å². The first-order valence-corrected chi connectivity index (χ1v) is 7.18. The molecule has 1 aromatic heterocycles. The third kappa shape index (κ3) is 2.66. The Morgan fingerprint density at radius 1 is 1.44 bits per heavy atom. The van der Waals surface area contributed by atoms with E-state index in [-0.39, 0.29) is 0 Å². The molecule has 0 bridgehead atoms. The first-order chi connectivity index (χ1) is 8.86. The zero-order valence-corrected chi connectivity index (χ0v) is 11.1. The van der Waals surface area contributed by atoms with Gasteiger partial charge in [-0.2, -0.15) is 0 Å². The first kappa shape index (κ1) is 12.0. The zero-order valence-electron chi connectivity index (χ0n) is 11.1. The lowest BCUT2D eigenvalue weighted by Crippen LogP contribution is -2.46. The van der Waals surface area contributed by atoms with Gasteiger partial charge < -0.3 is 10.1 Å². The van der Waals surface area contributed by atoms with Gasteiger partial charge in [-0.05, 0) is 42.9 Å². The molecule has 3 atom stereocenters. The van der Waals surface area contributed by atoms with Crippen LogP contribution in [0.25, 0.3) is 0 Å². The second kappa shape index (κ2) is 5.27. The molecular weight excluding hydrogens is 224 g/mol. The fourth-order valence-corrected chi connectivity index (χ4v) is 2.75. The first-order valence-electron chi connectivity index (χ1n) is 7.18. The van der Waals surface area contributed by atoms with Crippen molar-refractivity contribution in [3.8, 4) is 5.75 Å². The van der Waals surface area contributed by atoms with Gasteiger partial charge in [0.15, 0.2) is 0 Å². The Bertz CT molecular complexity index is 403. The number of aromatic nitrogens is 1. The molecule has 98 valence electrons. The Morgan fingerprint density at radius 3 is 3.06 bits per heavy atom. The molecule has 1 aromatic rings. The summed E-state index contributed by atoms with van der Waals surface area (Å²) in [6, 6.07) is 2.73. The molecular formula is C15H22N2O. The summed E-state index contributed by atoms with van der Waals surface area (Å²) < 4.78 is 5.80. The summed E-state index contributed by atoms with van der Waals surface area (Å²) >= 11 is 0. The van der Waals surface area contributed by atoms with Crippen molar-refractivity contribution in [3.05, 3.63) is 24.0 Å². The van der Waals surface area contributed by atoms with E-state index >= 15 is 0 Å². The Morgan fingerprint density at radius 2 is 2.33 bits per heavy atom. The summed E-state index contributed by atoms with van der Waals surface area (Å²) in [4.78, 5) is 4.32. The van der Waals surface area contributed by atoms with Crippen LogP contribution >= 0.6 is 0 Å². The SMILES string of the molecule is CCC[C@@H]1C[C@@H]1c1cncc(OC[C@@H]2CCN2)c1. The van der Waals surface area contributed by atoms with Crippen LogP contribution in [0, 0.1) is 5.92 Å². The minimum atomic E-state index is 0.544. The monoisotopic (exact) mass is 246 g/mol. The molecule has 0 radical (unpaired) electrons. The molecule has 2 heterocycles. The summed E-state index contributed by atoms with van der Waals surface area (Å²) in [6.07, 6.45) is 9.05. The second-order valence-corrected chi connectivity index (χ2v) is 5.60. The lowest BCUT2D eigenvalue weighted by Gasteiger charge is -2.27. The molecule has 3 heteroatoms. The maximum Gasteiger partial charge on any atom is 0.137 e. The van der Waals surface area contributed by atoms with Crippen molar-refractivity contribution in [2.75, 3.05) is 13.2 Å². The summed E-state index contributed by atoms with van der Waals surface area (Å²) in [5, 5.41) is 3.34. The molecule has 0 amide bonds. The van der Waals surface area contributed by atoms with Crippen LogP contribution in [0.15, 0.2) is 18.5 Å². The van der Waals surface area contributed by atoms with Crippen molar-refractivity contribution in [2.45, 2.75) is 44.6 Å². The molecule has 2 fully saturated rings. The van der Waals surface area contributed by atoms with Gasteiger partial charge in [-0.25, -0.2) is 0 Å². The second-order valence-electron chi connectivity index (χ2n) is 5.60. The van der Waals surface area contributed by atoms with Crippen molar-refractivity contribution < 1.29 is 4.74 Å². The molecule has 1 N–H and O–H groups in total. The third-order valence-electron chi connectivity index (χ3n) is 4.12. The van der Waals surface area contributed by atoms with E-state index < -0.39 is 0 Å². The Kier molecular flexibility index (Phi) is 3.50. The van der Waals surface area contributed by atoms with Gasteiger partial charge in [0.25, 0.3) is 0 Å². The van der Waals surface area contributed by atoms with Gasteiger partial charge >= 0.3 is 0 Å². The summed E-state index contributed by atoms with van der Waals surface area (Å²) in [5.41, 5.74) is 1.37. The molecule has 1 saturated heterocycles. The van der Waals surface area contributed by atoms with E-state index in [9.17, 15) is 0 Å². The van der Waals surface area contributed by atoms with Crippen LogP contribution in [-0.2, 0) is 0 Å². The number of ether oxygens (including phenoxy) is 1. The van der Waals surface area contributed by atoms with Gasteiger partial charge in [0.05, 0.1) is 6.20 Å². The topological polar surface area (TPSA) is 34.1 Å². The van der Waals surface area contributed by atoms with E-state index in [1.807, 2.05) is 12.4 Å². The van der Waals surface area contributed by atoms with Crippen molar-refractivity contribution in [2.24, 2.45) is 5.92 Å².